The maximum absolute atomic E-state index is 5.86. The van der Waals surface area contributed by atoms with Gasteiger partial charge in [0.05, 0.1) is 5.69 Å². The highest BCUT2D eigenvalue weighted by Crippen LogP contribution is 2.15. The largest absolute Gasteiger partial charge is 0.396 e. The molecule has 4 heteroatoms. The molecule has 0 aliphatic rings. The van der Waals surface area contributed by atoms with Crippen molar-refractivity contribution in [3.05, 3.63) is 18.3 Å². The van der Waals surface area contributed by atoms with E-state index in [4.69, 9.17) is 5.73 Å². The molecule has 1 rings (SSSR count). The van der Waals surface area contributed by atoms with E-state index in [1.165, 1.54) is 6.42 Å². The van der Waals surface area contributed by atoms with Gasteiger partial charge < -0.3 is 16.0 Å². The van der Waals surface area contributed by atoms with Crippen molar-refractivity contribution in [2.24, 2.45) is 0 Å². The van der Waals surface area contributed by atoms with Crippen LogP contribution in [0.5, 0.6) is 0 Å². The van der Waals surface area contributed by atoms with E-state index in [9.17, 15) is 0 Å². The number of anilines is 2. The molecule has 4 nitrogen and oxygen atoms in total. The minimum atomic E-state index is 0.401. The van der Waals surface area contributed by atoms with Gasteiger partial charge in [0.1, 0.15) is 5.82 Å². The predicted octanol–water partition coefficient (Wildman–Crippen LogP) is 2.59. The number of aromatic nitrogens is 1. The minimum absolute atomic E-state index is 0.401. The lowest BCUT2D eigenvalue weighted by Gasteiger charge is -2.20. The molecule has 102 valence electrons. The molecule has 0 spiro atoms. The van der Waals surface area contributed by atoms with Crippen LogP contribution in [-0.4, -0.2) is 35.6 Å². The highest BCUT2D eigenvalue weighted by Gasteiger charge is 2.06. The zero-order valence-corrected chi connectivity index (χ0v) is 11.8. The van der Waals surface area contributed by atoms with Crippen LogP contribution in [0, 0.1) is 0 Å². The van der Waals surface area contributed by atoms with Gasteiger partial charge in [-0.15, -0.1) is 0 Å². The number of nitrogens with one attached hydrogen (secondary N) is 1. The first kappa shape index (κ1) is 14.8. The van der Waals surface area contributed by atoms with Crippen LogP contribution in [-0.2, 0) is 0 Å². The Morgan fingerprint density at radius 2 is 2.11 bits per heavy atom. The average molecular weight is 250 g/mol. The zero-order valence-electron chi connectivity index (χ0n) is 11.8. The van der Waals surface area contributed by atoms with E-state index >= 15 is 0 Å². The molecule has 0 fully saturated rings. The Bertz CT molecular complexity index is 336. The maximum Gasteiger partial charge on any atom is 0.149 e. The summed E-state index contributed by atoms with van der Waals surface area (Å²) >= 11 is 0. The molecular formula is C14H26N4. The van der Waals surface area contributed by atoms with E-state index in [1.807, 2.05) is 12.1 Å². The molecule has 0 saturated heterocycles. The first-order valence-electron chi connectivity index (χ1n) is 6.86. The lowest BCUT2D eigenvalue weighted by atomic mass is 10.1. The van der Waals surface area contributed by atoms with Crippen molar-refractivity contribution in [3.63, 3.8) is 0 Å². The van der Waals surface area contributed by atoms with Crippen molar-refractivity contribution >= 4 is 11.5 Å². The lowest BCUT2D eigenvalue weighted by Crippen LogP contribution is -2.25. The van der Waals surface area contributed by atoms with Gasteiger partial charge in [-0.2, -0.15) is 0 Å². The van der Waals surface area contributed by atoms with Gasteiger partial charge in [0.25, 0.3) is 0 Å². The molecule has 0 saturated carbocycles. The average Bonchev–Trinajstić information content (AvgIpc) is 2.37. The smallest absolute Gasteiger partial charge is 0.149 e. The van der Waals surface area contributed by atoms with Gasteiger partial charge in [0.15, 0.2) is 0 Å². The number of pyridine rings is 1. The van der Waals surface area contributed by atoms with Crippen LogP contribution in [0.15, 0.2) is 18.3 Å². The van der Waals surface area contributed by atoms with Gasteiger partial charge in [0.2, 0.25) is 0 Å². The highest BCUT2D eigenvalue weighted by molar-refractivity contribution is 5.60. The Hall–Kier alpha value is -1.29. The fourth-order valence-corrected chi connectivity index (χ4v) is 2.00. The maximum atomic E-state index is 5.86. The minimum Gasteiger partial charge on any atom is -0.396 e. The van der Waals surface area contributed by atoms with Crippen molar-refractivity contribution in [2.75, 3.05) is 30.7 Å². The Balaban J connectivity index is 2.30. The van der Waals surface area contributed by atoms with Crippen molar-refractivity contribution in [2.45, 2.75) is 39.7 Å². The van der Waals surface area contributed by atoms with Crippen LogP contribution in [0.4, 0.5) is 11.5 Å². The van der Waals surface area contributed by atoms with Crippen LogP contribution in [0.2, 0.25) is 0 Å². The molecule has 1 atom stereocenters. The molecule has 0 amide bonds. The Labute approximate surface area is 111 Å². The summed E-state index contributed by atoms with van der Waals surface area (Å²) in [5, 5.41) is 3.37. The van der Waals surface area contributed by atoms with Crippen LogP contribution < -0.4 is 11.1 Å². The van der Waals surface area contributed by atoms with Crippen molar-refractivity contribution in [3.8, 4) is 0 Å². The number of nitrogen functional groups attached to an aromatic ring is 1. The molecule has 0 aliphatic carbocycles. The van der Waals surface area contributed by atoms with Gasteiger partial charge in [-0.05, 0) is 51.5 Å². The lowest BCUT2D eigenvalue weighted by molar-refractivity contribution is 0.295. The van der Waals surface area contributed by atoms with Gasteiger partial charge in [-0.25, -0.2) is 4.98 Å². The molecule has 0 aromatic carbocycles. The van der Waals surface area contributed by atoms with E-state index in [0.717, 1.165) is 31.9 Å². The van der Waals surface area contributed by atoms with E-state index in [0.29, 0.717) is 11.7 Å². The second kappa shape index (κ2) is 7.93. The molecule has 1 heterocycles. The Kier molecular flexibility index (Phi) is 6.50. The molecule has 1 unspecified atom stereocenters. The normalized spacial score (nSPS) is 12.7. The fourth-order valence-electron chi connectivity index (χ4n) is 2.00. The van der Waals surface area contributed by atoms with E-state index in [2.05, 4.69) is 36.0 Å². The quantitative estimate of drug-likeness (QED) is 0.744. The second-order valence-electron chi connectivity index (χ2n) is 4.66. The van der Waals surface area contributed by atoms with Gasteiger partial charge >= 0.3 is 0 Å². The number of nitrogens with zero attached hydrogens (tertiary/aromatic N) is 2. The summed E-state index contributed by atoms with van der Waals surface area (Å²) in [5.74, 6) is 0.799. The molecule has 18 heavy (non-hydrogen) atoms. The summed E-state index contributed by atoms with van der Waals surface area (Å²) in [6, 6.07) is 4.13. The standard InChI is InChI=1S/C14H26N4/c1-4-18(5-2)11-7-8-12(3)17-14-13(15)9-6-10-16-14/h6,9-10,12H,4-5,7-8,11,15H2,1-3H3,(H,16,17). The molecule has 0 aliphatic heterocycles. The number of rotatable bonds is 8. The number of hydrogen-bond acceptors (Lipinski definition) is 4. The topological polar surface area (TPSA) is 54.2 Å². The predicted molar refractivity (Wildman–Crippen MR) is 78.8 cm³/mol. The highest BCUT2D eigenvalue weighted by atomic mass is 15.1. The van der Waals surface area contributed by atoms with Crippen molar-refractivity contribution in [1.82, 2.24) is 9.88 Å². The Morgan fingerprint density at radius 1 is 1.39 bits per heavy atom. The number of nitrogens with two attached hydrogens (primary N) is 1. The van der Waals surface area contributed by atoms with Crippen LogP contribution in [0.1, 0.15) is 33.6 Å². The van der Waals surface area contributed by atoms with Gasteiger partial charge in [-0.1, -0.05) is 13.8 Å². The van der Waals surface area contributed by atoms with E-state index in [-0.39, 0.29) is 0 Å². The molecular weight excluding hydrogens is 224 g/mol. The molecule has 0 bridgehead atoms. The summed E-state index contributed by atoms with van der Waals surface area (Å²) in [4.78, 5) is 6.69. The third-order valence-electron chi connectivity index (χ3n) is 3.23. The molecule has 1 aromatic rings. The fraction of sp³-hybridized carbons (Fsp3) is 0.643. The van der Waals surface area contributed by atoms with Crippen LogP contribution >= 0.6 is 0 Å². The summed E-state index contributed by atoms with van der Waals surface area (Å²) in [6.07, 6.45) is 4.09. The monoisotopic (exact) mass is 250 g/mol. The zero-order chi connectivity index (χ0) is 13.4. The third-order valence-corrected chi connectivity index (χ3v) is 3.23. The summed E-state index contributed by atoms with van der Waals surface area (Å²) in [6.45, 7) is 10.0. The first-order valence-corrected chi connectivity index (χ1v) is 6.86. The molecule has 0 radical (unpaired) electrons. The first-order chi connectivity index (χ1) is 8.67. The van der Waals surface area contributed by atoms with Gasteiger partial charge in [0, 0.05) is 12.2 Å². The van der Waals surface area contributed by atoms with Gasteiger partial charge in [-0.3, -0.25) is 0 Å². The van der Waals surface area contributed by atoms with E-state index in [1.54, 1.807) is 6.20 Å². The molecule has 3 N–H and O–H groups in total. The van der Waals surface area contributed by atoms with Crippen LogP contribution in [0.3, 0.4) is 0 Å². The summed E-state index contributed by atoms with van der Waals surface area (Å²) in [7, 11) is 0. The SMILES string of the molecule is CCN(CC)CCCC(C)Nc1ncccc1N. The van der Waals surface area contributed by atoms with Crippen LogP contribution in [0.25, 0.3) is 0 Å². The number of hydrogen-bond donors (Lipinski definition) is 2. The molecule has 1 aromatic heterocycles. The van der Waals surface area contributed by atoms with Crippen molar-refractivity contribution in [1.29, 1.82) is 0 Å². The summed E-state index contributed by atoms with van der Waals surface area (Å²) in [5.41, 5.74) is 6.57. The van der Waals surface area contributed by atoms with E-state index < -0.39 is 0 Å². The summed E-state index contributed by atoms with van der Waals surface area (Å²) < 4.78 is 0. The Morgan fingerprint density at radius 3 is 2.72 bits per heavy atom. The second-order valence-corrected chi connectivity index (χ2v) is 4.66. The third kappa shape index (κ3) is 4.92. The van der Waals surface area contributed by atoms with Crippen molar-refractivity contribution < 1.29 is 0 Å².